The maximum atomic E-state index is 13.3. The molecule has 0 spiro atoms. The number of alkyl carbamates (subject to hydrolysis) is 1. The van der Waals surface area contributed by atoms with E-state index in [0.29, 0.717) is 19.4 Å². The Morgan fingerprint density at radius 3 is 2.29 bits per heavy atom. The van der Waals surface area contributed by atoms with Gasteiger partial charge in [-0.1, -0.05) is 61.9 Å². The number of aliphatic carboxylic acids is 1. The van der Waals surface area contributed by atoms with Crippen LogP contribution in [0.1, 0.15) is 50.2 Å². The van der Waals surface area contributed by atoms with Crippen molar-refractivity contribution in [2.45, 2.75) is 45.1 Å². The molecule has 5 rings (SSSR count). The first-order valence-electron chi connectivity index (χ1n) is 12.4. The van der Waals surface area contributed by atoms with Gasteiger partial charge < -0.3 is 20.1 Å². The van der Waals surface area contributed by atoms with E-state index >= 15 is 0 Å². The summed E-state index contributed by atoms with van der Waals surface area (Å²) in [4.78, 5) is 39.5. The molecule has 2 fully saturated rings. The van der Waals surface area contributed by atoms with Gasteiger partial charge in [0, 0.05) is 25.0 Å². The van der Waals surface area contributed by atoms with Gasteiger partial charge in [-0.3, -0.25) is 9.59 Å². The molecule has 2 amide bonds. The number of nitrogens with zero attached hydrogens (tertiary/aromatic N) is 1. The molecule has 1 heterocycles. The van der Waals surface area contributed by atoms with Crippen LogP contribution in [0.2, 0.25) is 0 Å². The van der Waals surface area contributed by atoms with Crippen molar-refractivity contribution in [2.75, 3.05) is 19.7 Å². The quantitative estimate of drug-likeness (QED) is 0.672. The first-order chi connectivity index (χ1) is 16.8. The van der Waals surface area contributed by atoms with Crippen molar-refractivity contribution < 1.29 is 24.2 Å². The predicted octanol–water partition coefficient (Wildman–Crippen LogP) is 4.26. The fraction of sp³-hybridized carbons (Fsp3) is 0.464. The molecule has 1 saturated heterocycles. The van der Waals surface area contributed by atoms with Crippen molar-refractivity contribution in [1.82, 2.24) is 10.2 Å². The number of carboxylic acid groups (broad SMARTS) is 1. The van der Waals surface area contributed by atoms with Crippen LogP contribution in [-0.2, 0) is 14.3 Å². The van der Waals surface area contributed by atoms with Crippen molar-refractivity contribution in [2.24, 2.45) is 17.3 Å². The number of carbonyl (C=O) groups excluding carboxylic acids is 2. The smallest absolute Gasteiger partial charge is 0.407 e. The molecule has 0 bridgehead atoms. The van der Waals surface area contributed by atoms with E-state index in [4.69, 9.17) is 4.74 Å². The Balaban J connectivity index is 1.21. The summed E-state index contributed by atoms with van der Waals surface area (Å²) < 4.78 is 5.68. The van der Waals surface area contributed by atoms with Gasteiger partial charge in [-0.15, -0.1) is 0 Å². The SMILES string of the molecule is C[C@H]1CN(C(=O)[C@H]2CCC[C@H]2NC(=O)OCC2c3ccccc3-c3ccccc32)C[C@]1(C)C(=O)O. The highest BCUT2D eigenvalue weighted by Gasteiger charge is 2.49. The lowest BCUT2D eigenvalue weighted by Gasteiger charge is -2.26. The van der Waals surface area contributed by atoms with Gasteiger partial charge in [0.1, 0.15) is 6.61 Å². The van der Waals surface area contributed by atoms with Crippen LogP contribution in [0, 0.1) is 17.3 Å². The average molecular weight is 477 g/mol. The van der Waals surface area contributed by atoms with Gasteiger partial charge in [-0.2, -0.15) is 0 Å². The molecule has 184 valence electrons. The van der Waals surface area contributed by atoms with E-state index in [1.54, 1.807) is 11.8 Å². The lowest BCUT2D eigenvalue weighted by molar-refractivity contribution is -0.149. The van der Waals surface area contributed by atoms with Gasteiger partial charge in [0.25, 0.3) is 0 Å². The van der Waals surface area contributed by atoms with E-state index in [1.165, 1.54) is 11.1 Å². The van der Waals surface area contributed by atoms with Crippen molar-refractivity contribution in [3.63, 3.8) is 0 Å². The number of likely N-dealkylation sites (tertiary alicyclic amines) is 1. The summed E-state index contributed by atoms with van der Waals surface area (Å²) >= 11 is 0. The molecule has 2 aliphatic carbocycles. The highest BCUT2D eigenvalue weighted by atomic mass is 16.5. The molecule has 35 heavy (non-hydrogen) atoms. The van der Waals surface area contributed by atoms with Crippen LogP contribution in [0.25, 0.3) is 11.1 Å². The third-order valence-electron chi connectivity index (χ3n) is 8.38. The van der Waals surface area contributed by atoms with E-state index in [1.807, 2.05) is 31.2 Å². The summed E-state index contributed by atoms with van der Waals surface area (Å²) in [5.41, 5.74) is 3.71. The average Bonchev–Trinajstić information content (AvgIpc) is 3.52. The Labute approximate surface area is 205 Å². The number of nitrogens with one attached hydrogen (secondary N) is 1. The molecule has 2 aromatic rings. The summed E-state index contributed by atoms with van der Waals surface area (Å²) in [6.45, 7) is 4.44. The largest absolute Gasteiger partial charge is 0.481 e. The monoisotopic (exact) mass is 476 g/mol. The molecular weight excluding hydrogens is 444 g/mol. The van der Waals surface area contributed by atoms with Gasteiger partial charge in [0.05, 0.1) is 11.3 Å². The minimum Gasteiger partial charge on any atom is -0.481 e. The summed E-state index contributed by atoms with van der Waals surface area (Å²) in [5, 5.41) is 12.6. The number of carbonyl (C=O) groups is 3. The molecule has 2 N–H and O–H groups in total. The fourth-order valence-electron chi connectivity index (χ4n) is 6.05. The molecule has 3 aliphatic rings. The third-order valence-corrected chi connectivity index (χ3v) is 8.38. The Bertz CT molecular complexity index is 1120. The second-order valence-electron chi connectivity index (χ2n) is 10.5. The Hall–Kier alpha value is -3.35. The summed E-state index contributed by atoms with van der Waals surface area (Å²) in [6.07, 6.45) is 1.72. The highest BCUT2D eigenvalue weighted by Crippen LogP contribution is 2.44. The van der Waals surface area contributed by atoms with E-state index in [-0.39, 0.29) is 42.9 Å². The zero-order valence-electron chi connectivity index (χ0n) is 20.2. The molecule has 1 aliphatic heterocycles. The van der Waals surface area contributed by atoms with Crippen LogP contribution in [0.3, 0.4) is 0 Å². The molecule has 7 heteroatoms. The third kappa shape index (κ3) is 4.07. The Morgan fingerprint density at radius 2 is 1.69 bits per heavy atom. The van der Waals surface area contributed by atoms with Gasteiger partial charge in [0.2, 0.25) is 5.91 Å². The molecule has 0 unspecified atom stereocenters. The molecule has 4 atom stereocenters. The Kier molecular flexibility index (Phi) is 6.03. The number of fused-ring (bicyclic) bond motifs is 3. The molecule has 1 saturated carbocycles. The second kappa shape index (κ2) is 9.02. The second-order valence-corrected chi connectivity index (χ2v) is 10.5. The summed E-state index contributed by atoms with van der Waals surface area (Å²) in [5.74, 6) is -1.44. The maximum Gasteiger partial charge on any atom is 0.407 e. The van der Waals surface area contributed by atoms with Crippen molar-refractivity contribution >= 4 is 18.0 Å². The molecule has 2 aromatic carbocycles. The number of hydrogen-bond acceptors (Lipinski definition) is 4. The van der Waals surface area contributed by atoms with Crippen LogP contribution in [-0.4, -0.2) is 53.7 Å². The first kappa shape index (κ1) is 23.4. The predicted molar refractivity (Wildman–Crippen MR) is 131 cm³/mol. The van der Waals surface area contributed by atoms with Crippen LogP contribution in [0.5, 0.6) is 0 Å². The first-order valence-corrected chi connectivity index (χ1v) is 12.4. The number of ether oxygens (including phenoxy) is 1. The zero-order chi connectivity index (χ0) is 24.7. The normalized spacial score (nSPS) is 27.4. The van der Waals surface area contributed by atoms with Crippen LogP contribution in [0.15, 0.2) is 48.5 Å². The summed E-state index contributed by atoms with van der Waals surface area (Å²) in [7, 11) is 0. The number of hydrogen-bond donors (Lipinski definition) is 2. The van der Waals surface area contributed by atoms with Gasteiger partial charge in [0.15, 0.2) is 0 Å². The van der Waals surface area contributed by atoms with E-state index in [2.05, 4.69) is 29.6 Å². The van der Waals surface area contributed by atoms with Gasteiger partial charge in [-0.25, -0.2) is 4.79 Å². The fourth-order valence-corrected chi connectivity index (χ4v) is 6.05. The van der Waals surface area contributed by atoms with Crippen LogP contribution < -0.4 is 5.32 Å². The molecular formula is C28H32N2O5. The van der Waals surface area contributed by atoms with Crippen LogP contribution in [0.4, 0.5) is 4.79 Å². The topological polar surface area (TPSA) is 95.9 Å². The van der Waals surface area contributed by atoms with Crippen molar-refractivity contribution in [3.8, 4) is 11.1 Å². The van der Waals surface area contributed by atoms with Crippen LogP contribution >= 0.6 is 0 Å². The lowest BCUT2D eigenvalue weighted by Crippen LogP contribution is -2.46. The van der Waals surface area contributed by atoms with Crippen molar-refractivity contribution in [1.29, 1.82) is 0 Å². The minimum absolute atomic E-state index is 0.0195. The molecule has 0 radical (unpaired) electrons. The maximum absolute atomic E-state index is 13.3. The molecule has 0 aromatic heterocycles. The van der Waals surface area contributed by atoms with Gasteiger partial charge >= 0.3 is 12.1 Å². The lowest BCUT2D eigenvalue weighted by atomic mass is 9.81. The zero-order valence-corrected chi connectivity index (χ0v) is 20.2. The van der Waals surface area contributed by atoms with Crippen molar-refractivity contribution in [3.05, 3.63) is 59.7 Å². The minimum atomic E-state index is -0.940. The molecule has 7 nitrogen and oxygen atoms in total. The number of amides is 2. The van der Waals surface area contributed by atoms with Gasteiger partial charge in [-0.05, 0) is 47.9 Å². The summed E-state index contributed by atoms with van der Waals surface area (Å²) in [6, 6.07) is 16.1. The number of benzene rings is 2. The standard InChI is InChI=1S/C28H32N2O5/c1-17-14-30(16-28(17,2)26(32)33)25(31)22-12-7-13-24(22)29-27(34)35-15-23-20-10-5-3-8-18(20)19-9-4-6-11-21(19)23/h3-6,8-11,17,22-24H,7,12-16H2,1-2H3,(H,29,34)(H,32,33)/t17-,22-,24+,28-/m0/s1. The highest BCUT2D eigenvalue weighted by molar-refractivity contribution is 5.84. The van der Waals surface area contributed by atoms with E-state index in [9.17, 15) is 19.5 Å². The van der Waals surface area contributed by atoms with E-state index in [0.717, 1.165) is 17.5 Å². The Morgan fingerprint density at radius 1 is 1.06 bits per heavy atom. The van der Waals surface area contributed by atoms with E-state index < -0.39 is 17.5 Å². The number of carboxylic acids is 1. The number of rotatable bonds is 5.